The summed E-state index contributed by atoms with van der Waals surface area (Å²) in [4.78, 5) is 12.0. The number of esters is 1. The van der Waals surface area contributed by atoms with Crippen molar-refractivity contribution >= 4 is 5.97 Å². The monoisotopic (exact) mass is 268 g/mol. The number of hydrogen-bond acceptors (Lipinski definition) is 5. The molecule has 0 aromatic heterocycles. The molecule has 0 amide bonds. The minimum absolute atomic E-state index is 0.150. The van der Waals surface area contributed by atoms with Gasteiger partial charge in [-0.25, -0.2) is 4.79 Å². The van der Waals surface area contributed by atoms with Crippen LogP contribution in [0.5, 0.6) is 17.2 Å². The van der Waals surface area contributed by atoms with Crippen molar-refractivity contribution < 1.29 is 24.5 Å². The first-order valence-electron chi connectivity index (χ1n) is 6.17. The van der Waals surface area contributed by atoms with E-state index in [0.29, 0.717) is 6.61 Å². The van der Waals surface area contributed by atoms with E-state index < -0.39 is 17.3 Å². The second-order valence-electron chi connectivity index (χ2n) is 5.16. The van der Waals surface area contributed by atoms with Crippen LogP contribution in [0.25, 0.3) is 0 Å². The van der Waals surface area contributed by atoms with Crippen molar-refractivity contribution in [2.45, 2.75) is 39.7 Å². The summed E-state index contributed by atoms with van der Waals surface area (Å²) in [7, 11) is 0. The molecule has 0 bridgehead atoms. The highest BCUT2D eigenvalue weighted by molar-refractivity contribution is 5.96. The Morgan fingerprint density at radius 1 is 1.26 bits per heavy atom. The molecule has 0 spiro atoms. The van der Waals surface area contributed by atoms with Gasteiger partial charge in [-0.05, 0) is 39.3 Å². The van der Waals surface area contributed by atoms with Gasteiger partial charge in [0.05, 0.1) is 6.61 Å². The maximum absolute atomic E-state index is 12.0. The molecular weight excluding hydrogens is 248 g/mol. The van der Waals surface area contributed by atoms with Crippen molar-refractivity contribution in [2.75, 3.05) is 6.61 Å². The lowest BCUT2D eigenvalue weighted by Gasteiger charge is -2.21. The largest absolute Gasteiger partial charge is 0.504 e. The Kier molecular flexibility index (Phi) is 4.64. The molecule has 0 saturated heterocycles. The van der Waals surface area contributed by atoms with Crippen molar-refractivity contribution in [2.24, 2.45) is 0 Å². The zero-order valence-electron chi connectivity index (χ0n) is 11.7. The summed E-state index contributed by atoms with van der Waals surface area (Å²) in [5, 5.41) is 19.3. The second kappa shape index (κ2) is 5.82. The third kappa shape index (κ3) is 4.05. The summed E-state index contributed by atoms with van der Waals surface area (Å²) in [6.45, 7) is 7.49. The van der Waals surface area contributed by atoms with Crippen LogP contribution >= 0.6 is 0 Å². The molecule has 0 aliphatic carbocycles. The number of aromatic hydroxyl groups is 2. The molecule has 0 unspecified atom stereocenters. The molecule has 0 saturated carbocycles. The minimum atomic E-state index is -0.730. The van der Waals surface area contributed by atoms with Gasteiger partial charge in [-0.2, -0.15) is 0 Å². The summed E-state index contributed by atoms with van der Waals surface area (Å²) in [6.07, 6.45) is 0.759. The molecular formula is C14H20O5. The van der Waals surface area contributed by atoms with Crippen LogP contribution in [-0.4, -0.2) is 28.4 Å². The molecule has 106 valence electrons. The van der Waals surface area contributed by atoms with E-state index in [2.05, 4.69) is 0 Å². The first-order valence-corrected chi connectivity index (χ1v) is 6.17. The molecule has 1 aromatic rings. The summed E-state index contributed by atoms with van der Waals surface area (Å²) in [5.41, 5.74) is -0.847. The van der Waals surface area contributed by atoms with Crippen molar-refractivity contribution in [1.82, 2.24) is 0 Å². The molecule has 0 heterocycles. The lowest BCUT2D eigenvalue weighted by molar-refractivity contribution is 0.00622. The number of phenolic OH excluding ortho intramolecular Hbond substituents is 2. The Balaban J connectivity index is 3.14. The van der Waals surface area contributed by atoms with E-state index in [1.54, 1.807) is 20.8 Å². The smallest absolute Gasteiger partial charge is 0.346 e. The van der Waals surface area contributed by atoms with Gasteiger partial charge in [-0.15, -0.1) is 0 Å². The van der Waals surface area contributed by atoms with Crippen LogP contribution in [-0.2, 0) is 4.74 Å². The van der Waals surface area contributed by atoms with Crippen LogP contribution in [0, 0.1) is 0 Å². The molecule has 2 N–H and O–H groups in total. The average Bonchev–Trinajstić information content (AvgIpc) is 2.28. The van der Waals surface area contributed by atoms with Crippen LogP contribution in [0.15, 0.2) is 12.1 Å². The number of rotatable bonds is 4. The SMILES string of the molecule is CCCOc1ccc(O)c(O)c1C(=O)OC(C)(C)C. The first-order chi connectivity index (χ1) is 8.76. The number of carbonyl (C=O) groups is 1. The van der Waals surface area contributed by atoms with E-state index in [1.165, 1.54) is 12.1 Å². The number of carbonyl (C=O) groups excluding carboxylic acids is 1. The standard InChI is InChI=1S/C14H20O5/c1-5-8-18-10-7-6-9(15)12(16)11(10)13(17)19-14(2,3)4/h6-7,15-16H,5,8H2,1-4H3. The average molecular weight is 268 g/mol. The lowest BCUT2D eigenvalue weighted by Crippen LogP contribution is -2.24. The van der Waals surface area contributed by atoms with Gasteiger partial charge in [0.1, 0.15) is 16.9 Å². The number of hydrogen-bond donors (Lipinski definition) is 2. The van der Waals surface area contributed by atoms with Gasteiger partial charge in [0.15, 0.2) is 11.5 Å². The Bertz CT molecular complexity index is 460. The molecule has 0 fully saturated rings. The van der Waals surface area contributed by atoms with E-state index in [1.807, 2.05) is 6.92 Å². The fourth-order valence-corrected chi connectivity index (χ4v) is 1.42. The topological polar surface area (TPSA) is 76.0 Å². The van der Waals surface area contributed by atoms with Crippen molar-refractivity contribution in [1.29, 1.82) is 0 Å². The zero-order chi connectivity index (χ0) is 14.6. The second-order valence-corrected chi connectivity index (χ2v) is 5.16. The molecule has 0 aliphatic rings. The minimum Gasteiger partial charge on any atom is -0.504 e. The molecule has 0 radical (unpaired) electrons. The molecule has 1 aromatic carbocycles. The van der Waals surface area contributed by atoms with Crippen LogP contribution in [0.4, 0.5) is 0 Å². The summed E-state index contributed by atoms with van der Waals surface area (Å²) >= 11 is 0. The Morgan fingerprint density at radius 3 is 2.42 bits per heavy atom. The molecule has 5 nitrogen and oxygen atoms in total. The molecule has 1 rings (SSSR count). The van der Waals surface area contributed by atoms with Crippen molar-refractivity contribution in [3.05, 3.63) is 17.7 Å². The molecule has 0 atom stereocenters. The maximum Gasteiger partial charge on any atom is 0.346 e. The van der Waals surface area contributed by atoms with Gasteiger partial charge in [-0.3, -0.25) is 0 Å². The Labute approximate surface area is 112 Å². The third-order valence-corrected chi connectivity index (χ3v) is 2.18. The molecule has 19 heavy (non-hydrogen) atoms. The molecule has 0 aliphatic heterocycles. The van der Waals surface area contributed by atoms with E-state index in [4.69, 9.17) is 9.47 Å². The van der Waals surface area contributed by atoms with E-state index >= 15 is 0 Å². The van der Waals surface area contributed by atoms with Gasteiger partial charge >= 0.3 is 5.97 Å². The van der Waals surface area contributed by atoms with E-state index in [0.717, 1.165) is 6.42 Å². The number of benzene rings is 1. The normalized spacial score (nSPS) is 11.2. The lowest BCUT2D eigenvalue weighted by atomic mass is 10.1. The van der Waals surface area contributed by atoms with Crippen LogP contribution < -0.4 is 4.74 Å². The summed E-state index contributed by atoms with van der Waals surface area (Å²) in [6, 6.07) is 2.71. The Morgan fingerprint density at radius 2 is 1.89 bits per heavy atom. The van der Waals surface area contributed by atoms with Crippen LogP contribution in [0.2, 0.25) is 0 Å². The maximum atomic E-state index is 12.0. The summed E-state index contributed by atoms with van der Waals surface area (Å²) < 4.78 is 10.6. The van der Waals surface area contributed by atoms with Gasteiger partial charge in [-0.1, -0.05) is 6.92 Å². The van der Waals surface area contributed by atoms with Gasteiger partial charge in [0.2, 0.25) is 0 Å². The van der Waals surface area contributed by atoms with Crippen molar-refractivity contribution in [3.63, 3.8) is 0 Å². The van der Waals surface area contributed by atoms with E-state index in [-0.39, 0.29) is 17.1 Å². The Hall–Kier alpha value is -1.91. The quantitative estimate of drug-likeness (QED) is 0.648. The highest BCUT2D eigenvalue weighted by Crippen LogP contribution is 2.36. The van der Waals surface area contributed by atoms with Gasteiger partial charge in [0, 0.05) is 0 Å². The summed E-state index contributed by atoms with van der Waals surface area (Å²) in [5.74, 6) is -1.44. The highest BCUT2D eigenvalue weighted by atomic mass is 16.6. The highest BCUT2D eigenvalue weighted by Gasteiger charge is 2.26. The zero-order valence-corrected chi connectivity index (χ0v) is 11.7. The third-order valence-electron chi connectivity index (χ3n) is 2.18. The van der Waals surface area contributed by atoms with Gasteiger partial charge in [0.25, 0.3) is 0 Å². The fraction of sp³-hybridized carbons (Fsp3) is 0.500. The predicted molar refractivity (Wildman–Crippen MR) is 70.7 cm³/mol. The van der Waals surface area contributed by atoms with Crippen molar-refractivity contribution in [3.8, 4) is 17.2 Å². The van der Waals surface area contributed by atoms with Crippen LogP contribution in [0.1, 0.15) is 44.5 Å². The number of ether oxygens (including phenoxy) is 2. The van der Waals surface area contributed by atoms with E-state index in [9.17, 15) is 15.0 Å². The fourth-order valence-electron chi connectivity index (χ4n) is 1.42. The van der Waals surface area contributed by atoms with Gasteiger partial charge < -0.3 is 19.7 Å². The predicted octanol–water partition coefficient (Wildman–Crippen LogP) is 2.84. The van der Waals surface area contributed by atoms with Crippen LogP contribution in [0.3, 0.4) is 0 Å². The molecule has 5 heteroatoms. The first kappa shape index (κ1) is 15.1. The number of phenols is 2.